The summed E-state index contributed by atoms with van der Waals surface area (Å²) < 4.78 is 5.14. The molecule has 2 aliphatic rings. The van der Waals surface area contributed by atoms with Crippen LogP contribution in [0.3, 0.4) is 0 Å². The molecule has 33 valence electrons. The van der Waals surface area contributed by atoms with Crippen LogP contribution in [0.25, 0.3) is 0 Å². The van der Waals surface area contributed by atoms with E-state index in [1.54, 1.807) is 0 Å². The molecule has 1 aliphatic carbocycles. The van der Waals surface area contributed by atoms with Crippen molar-refractivity contribution in [1.29, 1.82) is 0 Å². The second-order valence-corrected chi connectivity index (χ2v) is 2.00. The zero-order chi connectivity index (χ0) is 3.98. The van der Waals surface area contributed by atoms with Crippen molar-refractivity contribution in [3.05, 3.63) is 6.10 Å². The maximum atomic E-state index is 5.14. The lowest BCUT2D eigenvalue weighted by Crippen LogP contribution is -1.79. The van der Waals surface area contributed by atoms with Crippen molar-refractivity contribution in [1.82, 2.24) is 0 Å². The van der Waals surface area contributed by atoms with E-state index >= 15 is 0 Å². The Kier molecular flexibility index (Phi) is 0.396. The topological polar surface area (TPSA) is 9.23 Å². The van der Waals surface area contributed by atoms with E-state index in [1.807, 2.05) is 0 Å². The molecule has 0 amide bonds. The van der Waals surface area contributed by atoms with Crippen LogP contribution in [0.15, 0.2) is 0 Å². The first-order valence-electron chi connectivity index (χ1n) is 2.45. The van der Waals surface area contributed by atoms with Crippen molar-refractivity contribution in [2.75, 3.05) is 6.61 Å². The van der Waals surface area contributed by atoms with Crippen LogP contribution in [-0.4, -0.2) is 6.61 Å². The minimum atomic E-state index is 0.907. The quantitative estimate of drug-likeness (QED) is 0.424. The van der Waals surface area contributed by atoms with Crippen LogP contribution >= 0.6 is 0 Å². The van der Waals surface area contributed by atoms with Crippen LogP contribution in [0.1, 0.15) is 12.8 Å². The Labute approximate surface area is 37.3 Å². The molecule has 1 unspecified atom stereocenters. The summed E-state index contributed by atoms with van der Waals surface area (Å²) in [5.41, 5.74) is 0. The van der Waals surface area contributed by atoms with E-state index in [1.165, 1.54) is 18.9 Å². The highest BCUT2D eigenvalue weighted by Gasteiger charge is 2.43. The predicted molar refractivity (Wildman–Crippen MR) is 21.9 cm³/mol. The first-order chi connectivity index (χ1) is 2.97. The van der Waals surface area contributed by atoms with Gasteiger partial charge in [-0.15, -0.1) is 0 Å². The molecule has 1 radical (unpaired) electrons. The summed E-state index contributed by atoms with van der Waals surface area (Å²) in [5.74, 6) is 0.907. The highest BCUT2D eigenvalue weighted by atomic mass is 16.5. The average Bonchev–Trinajstić information content (AvgIpc) is 2.17. The van der Waals surface area contributed by atoms with Gasteiger partial charge in [0.2, 0.25) is 0 Å². The van der Waals surface area contributed by atoms with Crippen LogP contribution in [-0.2, 0) is 4.74 Å². The van der Waals surface area contributed by atoms with E-state index in [0.717, 1.165) is 12.5 Å². The van der Waals surface area contributed by atoms with E-state index < -0.39 is 0 Å². The van der Waals surface area contributed by atoms with Gasteiger partial charge in [0.1, 0.15) is 6.10 Å². The molecule has 0 bridgehead atoms. The van der Waals surface area contributed by atoms with Gasteiger partial charge >= 0.3 is 0 Å². The summed E-state index contributed by atoms with van der Waals surface area (Å²) >= 11 is 0. The minimum Gasteiger partial charge on any atom is -0.372 e. The molecule has 2 fully saturated rings. The summed E-state index contributed by atoms with van der Waals surface area (Å²) in [6.45, 7) is 1.00. The number of rotatable bonds is 0. The van der Waals surface area contributed by atoms with Gasteiger partial charge in [-0.3, -0.25) is 0 Å². The van der Waals surface area contributed by atoms with Gasteiger partial charge in [-0.05, 0) is 18.8 Å². The Morgan fingerprint density at radius 1 is 1.67 bits per heavy atom. The first kappa shape index (κ1) is 3.03. The fourth-order valence-electron chi connectivity index (χ4n) is 0.956. The Bertz CT molecular complexity index is 62.3. The Balaban J connectivity index is 2.09. The molecule has 1 nitrogen and oxygen atoms in total. The standard InChI is InChI=1S/C5H7O/c1-2-6-5-3-4(1)5/h4H,1-3H2. The molecule has 1 aliphatic heterocycles. The van der Waals surface area contributed by atoms with Crippen LogP contribution < -0.4 is 0 Å². The molecule has 0 aromatic heterocycles. The lowest BCUT2D eigenvalue weighted by Gasteiger charge is -1.85. The first-order valence-corrected chi connectivity index (χ1v) is 2.45. The predicted octanol–water partition coefficient (Wildman–Crippen LogP) is 0.959. The molecule has 0 spiro atoms. The van der Waals surface area contributed by atoms with Gasteiger partial charge < -0.3 is 4.74 Å². The fraction of sp³-hybridized carbons (Fsp3) is 0.800. The normalized spacial score (nSPS) is 43.0. The largest absolute Gasteiger partial charge is 0.372 e. The zero-order valence-electron chi connectivity index (χ0n) is 3.61. The molecule has 1 heteroatoms. The van der Waals surface area contributed by atoms with Crippen molar-refractivity contribution in [3.8, 4) is 0 Å². The van der Waals surface area contributed by atoms with Crippen LogP contribution in [0, 0.1) is 12.0 Å². The minimum absolute atomic E-state index is 0.907. The van der Waals surface area contributed by atoms with Crippen LogP contribution in [0.4, 0.5) is 0 Å². The molecular formula is C5H7O. The third kappa shape index (κ3) is 0.243. The molecule has 0 N–H and O–H groups in total. The summed E-state index contributed by atoms with van der Waals surface area (Å²) in [4.78, 5) is 0. The molecule has 2 rings (SSSR count). The van der Waals surface area contributed by atoms with Crippen molar-refractivity contribution in [2.45, 2.75) is 12.8 Å². The molecule has 0 aromatic rings. The van der Waals surface area contributed by atoms with E-state index in [9.17, 15) is 0 Å². The zero-order valence-corrected chi connectivity index (χ0v) is 3.61. The van der Waals surface area contributed by atoms with Crippen LogP contribution in [0.2, 0.25) is 0 Å². The average molecular weight is 83.1 g/mol. The summed E-state index contributed by atoms with van der Waals surface area (Å²) in [6, 6.07) is 0. The summed E-state index contributed by atoms with van der Waals surface area (Å²) in [6.07, 6.45) is 3.95. The van der Waals surface area contributed by atoms with Gasteiger partial charge in [0, 0.05) is 6.61 Å². The lowest BCUT2D eigenvalue weighted by molar-refractivity contribution is 0.221. The molecule has 1 saturated heterocycles. The van der Waals surface area contributed by atoms with E-state index in [2.05, 4.69) is 0 Å². The van der Waals surface area contributed by atoms with Gasteiger partial charge in [0.25, 0.3) is 0 Å². The highest BCUT2D eigenvalue weighted by molar-refractivity contribution is 5.09. The molecule has 1 heterocycles. The monoisotopic (exact) mass is 83.0 g/mol. The van der Waals surface area contributed by atoms with Gasteiger partial charge in [0.05, 0.1) is 0 Å². The van der Waals surface area contributed by atoms with Gasteiger partial charge in [0.15, 0.2) is 0 Å². The summed E-state index contributed by atoms with van der Waals surface area (Å²) in [7, 11) is 0. The van der Waals surface area contributed by atoms with Crippen LogP contribution in [0.5, 0.6) is 0 Å². The number of hydrogen-bond acceptors (Lipinski definition) is 1. The molecule has 0 aromatic carbocycles. The number of hydrogen-bond donors (Lipinski definition) is 0. The Morgan fingerprint density at radius 3 is 2.83 bits per heavy atom. The van der Waals surface area contributed by atoms with Gasteiger partial charge in [-0.25, -0.2) is 0 Å². The van der Waals surface area contributed by atoms with Crippen molar-refractivity contribution in [3.63, 3.8) is 0 Å². The fourth-order valence-corrected chi connectivity index (χ4v) is 0.956. The van der Waals surface area contributed by atoms with Crippen molar-refractivity contribution in [2.24, 2.45) is 5.92 Å². The van der Waals surface area contributed by atoms with E-state index in [-0.39, 0.29) is 0 Å². The van der Waals surface area contributed by atoms with Gasteiger partial charge in [-0.1, -0.05) is 0 Å². The maximum absolute atomic E-state index is 5.14. The summed E-state index contributed by atoms with van der Waals surface area (Å²) in [5, 5.41) is 0. The molecule has 1 atom stereocenters. The van der Waals surface area contributed by atoms with Crippen molar-refractivity contribution < 1.29 is 4.74 Å². The number of fused-ring (bicyclic) bond motifs is 1. The highest BCUT2D eigenvalue weighted by Crippen LogP contribution is 2.49. The molecule has 6 heavy (non-hydrogen) atoms. The SMILES string of the molecule is C1CC2C[C]2O1. The second-order valence-electron chi connectivity index (χ2n) is 2.00. The van der Waals surface area contributed by atoms with Crippen molar-refractivity contribution >= 4 is 0 Å². The smallest absolute Gasteiger partial charge is 0.101 e. The Hall–Kier alpha value is -0.0400. The third-order valence-electron chi connectivity index (χ3n) is 1.50. The number of ether oxygens (including phenoxy) is 1. The van der Waals surface area contributed by atoms with Gasteiger partial charge in [-0.2, -0.15) is 0 Å². The molecular weight excluding hydrogens is 76.1 g/mol. The second kappa shape index (κ2) is 0.784. The Morgan fingerprint density at radius 2 is 2.67 bits per heavy atom. The lowest BCUT2D eigenvalue weighted by atomic mass is 10.3. The van der Waals surface area contributed by atoms with E-state index in [4.69, 9.17) is 4.74 Å². The maximum Gasteiger partial charge on any atom is 0.101 e. The third-order valence-corrected chi connectivity index (χ3v) is 1.50. The van der Waals surface area contributed by atoms with E-state index in [0.29, 0.717) is 0 Å². The molecule has 1 saturated carbocycles.